The first-order valence-electron chi connectivity index (χ1n) is 6.20. The molecule has 0 radical (unpaired) electrons. The summed E-state index contributed by atoms with van der Waals surface area (Å²) in [6, 6.07) is 5.10. The Hall–Kier alpha value is -1.07. The average Bonchev–Trinajstić information content (AvgIpc) is 2.62. The zero-order valence-electron chi connectivity index (χ0n) is 11.1. The fourth-order valence-electron chi connectivity index (χ4n) is 2.62. The summed E-state index contributed by atoms with van der Waals surface area (Å²) < 4.78 is 26.9. The summed E-state index contributed by atoms with van der Waals surface area (Å²) in [6.45, 7) is 6.44. The molecule has 2 atom stereocenters. The highest BCUT2D eigenvalue weighted by Crippen LogP contribution is 2.31. The lowest BCUT2D eigenvalue weighted by Gasteiger charge is -2.22. The third-order valence-electron chi connectivity index (χ3n) is 3.53. The van der Waals surface area contributed by atoms with E-state index in [-0.39, 0.29) is 6.04 Å². The molecule has 0 amide bonds. The summed E-state index contributed by atoms with van der Waals surface area (Å²) in [5, 5.41) is 0. The van der Waals surface area contributed by atoms with Gasteiger partial charge >= 0.3 is 0 Å². The van der Waals surface area contributed by atoms with Gasteiger partial charge in [0.05, 0.1) is 4.90 Å². The second-order valence-corrected chi connectivity index (χ2v) is 7.15. The molecule has 4 nitrogen and oxygen atoms in total. The normalized spacial score (nSPS) is 25.5. The number of rotatable bonds is 2. The van der Waals surface area contributed by atoms with Crippen molar-refractivity contribution in [2.24, 2.45) is 5.92 Å². The van der Waals surface area contributed by atoms with Gasteiger partial charge in [0.25, 0.3) is 0 Å². The van der Waals surface area contributed by atoms with E-state index in [0.29, 0.717) is 23.0 Å². The summed E-state index contributed by atoms with van der Waals surface area (Å²) in [5.41, 5.74) is 6.93. The SMILES string of the molecule is Cc1ccc(N)cc1S(=O)(=O)N1CC(C)CC1C. The van der Waals surface area contributed by atoms with Gasteiger partial charge in [-0.1, -0.05) is 13.0 Å². The number of nitrogens with two attached hydrogens (primary N) is 1. The predicted molar refractivity (Wildman–Crippen MR) is 72.7 cm³/mol. The van der Waals surface area contributed by atoms with Gasteiger partial charge < -0.3 is 5.73 Å². The number of hydrogen-bond donors (Lipinski definition) is 1. The lowest BCUT2D eigenvalue weighted by atomic mass is 10.1. The van der Waals surface area contributed by atoms with Gasteiger partial charge in [-0.15, -0.1) is 0 Å². The van der Waals surface area contributed by atoms with Gasteiger partial charge in [0.15, 0.2) is 0 Å². The summed E-state index contributed by atoms with van der Waals surface area (Å²) in [7, 11) is -3.42. The second kappa shape index (κ2) is 4.55. The molecule has 1 fully saturated rings. The van der Waals surface area contributed by atoms with E-state index in [1.807, 2.05) is 6.92 Å². The topological polar surface area (TPSA) is 63.4 Å². The van der Waals surface area contributed by atoms with Crippen molar-refractivity contribution in [3.63, 3.8) is 0 Å². The Labute approximate surface area is 109 Å². The van der Waals surface area contributed by atoms with Gasteiger partial charge in [-0.3, -0.25) is 0 Å². The van der Waals surface area contributed by atoms with Gasteiger partial charge in [-0.05, 0) is 43.9 Å². The number of nitrogens with zero attached hydrogens (tertiary/aromatic N) is 1. The van der Waals surface area contributed by atoms with Gasteiger partial charge in [0, 0.05) is 18.3 Å². The Morgan fingerprint density at radius 3 is 2.56 bits per heavy atom. The number of benzene rings is 1. The number of nitrogen functional groups attached to an aromatic ring is 1. The number of sulfonamides is 1. The summed E-state index contributed by atoms with van der Waals surface area (Å²) in [5.74, 6) is 0.413. The molecule has 2 unspecified atom stereocenters. The quantitative estimate of drug-likeness (QED) is 0.834. The molecule has 2 rings (SSSR count). The molecule has 0 aromatic heterocycles. The molecule has 0 aliphatic carbocycles. The number of anilines is 1. The smallest absolute Gasteiger partial charge is 0.243 e. The third kappa shape index (κ3) is 2.24. The van der Waals surface area contributed by atoms with Crippen LogP contribution in [0.25, 0.3) is 0 Å². The Morgan fingerprint density at radius 1 is 1.33 bits per heavy atom. The number of hydrogen-bond acceptors (Lipinski definition) is 3. The Bertz CT molecular complexity index is 554. The number of aryl methyl sites for hydroxylation is 1. The van der Waals surface area contributed by atoms with E-state index in [1.54, 1.807) is 29.4 Å². The minimum atomic E-state index is -3.42. The molecule has 1 saturated heterocycles. The third-order valence-corrected chi connectivity index (χ3v) is 5.65. The van der Waals surface area contributed by atoms with E-state index < -0.39 is 10.0 Å². The van der Waals surface area contributed by atoms with E-state index in [2.05, 4.69) is 6.92 Å². The standard InChI is InChI=1S/C13H20N2O2S/c1-9-6-11(3)15(8-9)18(16,17)13-7-12(14)5-4-10(13)2/h4-5,7,9,11H,6,8,14H2,1-3H3. The van der Waals surface area contributed by atoms with E-state index in [4.69, 9.17) is 5.73 Å². The van der Waals surface area contributed by atoms with Crippen LogP contribution in [0.4, 0.5) is 5.69 Å². The fourth-order valence-corrected chi connectivity index (χ4v) is 4.64. The zero-order valence-corrected chi connectivity index (χ0v) is 11.9. The van der Waals surface area contributed by atoms with Crippen LogP contribution in [0.1, 0.15) is 25.8 Å². The monoisotopic (exact) mass is 268 g/mol. The van der Waals surface area contributed by atoms with Crippen LogP contribution < -0.4 is 5.73 Å². The van der Waals surface area contributed by atoms with E-state index in [9.17, 15) is 8.42 Å². The Morgan fingerprint density at radius 2 is 2.00 bits per heavy atom. The summed E-state index contributed by atoms with van der Waals surface area (Å²) >= 11 is 0. The zero-order chi connectivity index (χ0) is 13.5. The maximum absolute atomic E-state index is 12.6. The maximum atomic E-state index is 12.6. The minimum Gasteiger partial charge on any atom is -0.399 e. The molecular formula is C13H20N2O2S. The molecule has 1 aliphatic rings. The lowest BCUT2D eigenvalue weighted by Crippen LogP contribution is -2.34. The van der Waals surface area contributed by atoms with Crippen LogP contribution in [-0.2, 0) is 10.0 Å². The van der Waals surface area contributed by atoms with Crippen molar-refractivity contribution in [3.8, 4) is 0 Å². The molecule has 5 heteroatoms. The van der Waals surface area contributed by atoms with Crippen molar-refractivity contribution < 1.29 is 8.42 Å². The average molecular weight is 268 g/mol. The van der Waals surface area contributed by atoms with Crippen molar-refractivity contribution in [2.45, 2.75) is 38.1 Å². The first kappa shape index (κ1) is 13.4. The Balaban J connectivity index is 2.45. The highest BCUT2D eigenvalue weighted by Gasteiger charge is 2.36. The molecule has 0 bridgehead atoms. The van der Waals surface area contributed by atoms with Crippen LogP contribution in [0.3, 0.4) is 0 Å². The van der Waals surface area contributed by atoms with Gasteiger partial charge in [-0.2, -0.15) is 4.31 Å². The second-order valence-electron chi connectivity index (χ2n) is 5.29. The maximum Gasteiger partial charge on any atom is 0.243 e. The van der Waals surface area contributed by atoms with E-state index in [0.717, 1.165) is 12.0 Å². The summed E-state index contributed by atoms with van der Waals surface area (Å²) in [4.78, 5) is 0.337. The molecule has 1 heterocycles. The van der Waals surface area contributed by atoms with E-state index in [1.165, 1.54) is 0 Å². The highest BCUT2D eigenvalue weighted by molar-refractivity contribution is 7.89. The first-order valence-corrected chi connectivity index (χ1v) is 7.64. The van der Waals surface area contributed by atoms with Crippen molar-refractivity contribution in [3.05, 3.63) is 23.8 Å². The molecule has 1 aromatic carbocycles. The molecule has 1 aromatic rings. The van der Waals surface area contributed by atoms with Crippen molar-refractivity contribution in [2.75, 3.05) is 12.3 Å². The molecule has 100 valence electrons. The van der Waals surface area contributed by atoms with E-state index >= 15 is 0 Å². The molecule has 18 heavy (non-hydrogen) atoms. The highest BCUT2D eigenvalue weighted by atomic mass is 32.2. The van der Waals surface area contributed by atoms with Crippen LogP contribution in [0, 0.1) is 12.8 Å². The van der Waals surface area contributed by atoms with Crippen LogP contribution in [0.15, 0.2) is 23.1 Å². The van der Waals surface area contributed by atoms with Crippen molar-refractivity contribution >= 4 is 15.7 Å². The van der Waals surface area contributed by atoms with Crippen LogP contribution in [0.5, 0.6) is 0 Å². The molecule has 2 N–H and O–H groups in total. The fraction of sp³-hybridized carbons (Fsp3) is 0.538. The van der Waals surface area contributed by atoms with Crippen LogP contribution in [-0.4, -0.2) is 25.3 Å². The van der Waals surface area contributed by atoms with Crippen molar-refractivity contribution in [1.29, 1.82) is 0 Å². The van der Waals surface area contributed by atoms with Gasteiger partial charge in [0.2, 0.25) is 10.0 Å². The van der Waals surface area contributed by atoms with Gasteiger partial charge in [-0.25, -0.2) is 8.42 Å². The Kier molecular flexibility index (Phi) is 3.38. The van der Waals surface area contributed by atoms with Crippen LogP contribution in [0.2, 0.25) is 0 Å². The van der Waals surface area contributed by atoms with Crippen LogP contribution >= 0.6 is 0 Å². The predicted octanol–water partition coefficient (Wildman–Crippen LogP) is 2.00. The largest absolute Gasteiger partial charge is 0.399 e. The molecule has 1 aliphatic heterocycles. The first-order chi connectivity index (χ1) is 8.32. The molecular weight excluding hydrogens is 248 g/mol. The molecule has 0 spiro atoms. The molecule has 0 saturated carbocycles. The summed E-state index contributed by atoms with van der Waals surface area (Å²) in [6.07, 6.45) is 0.917. The van der Waals surface area contributed by atoms with Gasteiger partial charge in [0.1, 0.15) is 0 Å². The minimum absolute atomic E-state index is 0.0610. The lowest BCUT2D eigenvalue weighted by molar-refractivity contribution is 0.405. The van der Waals surface area contributed by atoms with Crippen molar-refractivity contribution in [1.82, 2.24) is 4.31 Å².